The van der Waals surface area contributed by atoms with E-state index in [2.05, 4.69) is 4.74 Å². The highest BCUT2D eigenvalue weighted by molar-refractivity contribution is 5.71. The minimum Gasteiger partial charge on any atom is -0.493 e. The second-order valence-corrected chi connectivity index (χ2v) is 3.76. The number of halogens is 3. The van der Waals surface area contributed by atoms with Crippen LogP contribution in [0.1, 0.15) is 12.5 Å². The molecule has 0 aromatic heterocycles. The van der Waals surface area contributed by atoms with E-state index in [1.54, 1.807) is 6.92 Å². The summed E-state index contributed by atoms with van der Waals surface area (Å²) < 4.78 is 46.5. The molecule has 18 heavy (non-hydrogen) atoms. The first kappa shape index (κ1) is 14.3. The quantitative estimate of drug-likeness (QED) is 0.783. The third-order valence-electron chi connectivity index (χ3n) is 2.29. The van der Waals surface area contributed by atoms with E-state index in [9.17, 15) is 18.0 Å². The summed E-state index contributed by atoms with van der Waals surface area (Å²) in [6.07, 6.45) is -4.36. The van der Waals surface area contributed by atoms with Gasteiger partial charge in [-0.3, -0.25) is 4.79 Å². The van der Waals surface area contributed by atoms with Gasteiger partial charge in [-0.1, -0.05) is 0 Å². The Morgan fingerprint density at radius 3 is 2.28 bits per heavy atom. The van der Waals surface area contributed by atoms with Gasteiger partial charge in [-0.2, -0.15) is 13.2 Å². The maximum Gasteiger partial charge on any atom is 0.416 e. The van der Waals surface area contributed by atoms with E-state index in [0.29, 0.717) is 0 Å². The van der Waals surface area contributed by atoms with Gasteiger partial charge in [0.05, 0.1) is 18.6 Å². The first-order valence-electron chi connectivity index (χ1n) is 5.22. The van der Waals surface area contributed by atoms with Crippen molar-refractivity contribution in [1.82, 2.24) is 0 Å². The lowest BCUT2D eigenvalue weighted by Gasteiger charge is -2.12. The molecule has 0 aliphatic rings. The standard InChI is InChI=1S/C12H13F3O3/c1-8(11(16)17-2)7-18-10-5-3-9(4-6-10)12(13,14)15/h3-6,8H,7H2,1-2H3/t8-/m1/s1. The number of carbonyl (C=O) groups excluding carboxylic acids is 1. The molecule has 0 fully saturated rings. The predicted molar refractivity (Wildman–Crippen MR) is 58.1 cm³/mol. The molecule has 1 aromatic rings. The van der Waals surface area contributed by atoms with E-state index >= 15 is 0 Å². The molecule has 0 saturated heterocycles. The van der Waals surface area contributed by atoms with Crippen LogP contribution < -0.4 is 4.74 Å². The Morgan fingerprint density at radius 1 is 1.28 bits per heavy atom. The van der Waals surface area contributed by atoms with Gasteiger partial charge >= 0.3 is 12.1 Å². The van der Waals surface area contributed by atoms with Gasteiger partial charge in [-0.05, 0) is 31.2 Å². The fourth-order valence-corrected chi connectivity index (χ4v) is 1.23. The van der Waals surface area contributed by atoms with Crippen LogP contribution in [0, 0.1) is 5.92 Å². The van der Waals surface area contributed by atoms with Gasteiger partial charge in [0.25, 0.3) is 0 Å². The first-order valence-corrected chi connectivity index (χ1v) is 5.22. The molecule has 0 bridgehead atoms. The van der Waals surface area contributed by atoms with Crippen molar-refractivity contribution in [2.75, 3.05) is 13.7 Å². The van der Waals surface area contributed by atoms with E-state index in [0.717, 1.165) is 12.1 Å². The van der Waals surface area contributed by atoms with Crippen molar-refractivity contribution in [2.45, 2.75) is 13.1 Å². The minimum absolute atomic E-state index is 0.0536. The predicted octanol–water partition coefficient (Wildman–Crippen LogP) is 2.89. The molecule has 0 amide bonds. The smallest absolute Gasteiger partial charge is 0.416 e. The number of benzene rings is 1. The van der Waals surface area contributed by atoms with Gasteiger partial charge in [-0.15, -0.1) is 0 Å². The molecule has 3 nitrogen and oxygen atoms in total. The number of rotatable bonds is 4. The summed E-state index contributed by atoms with van der Waals surface area (Å²) in [5.41, 5.74) is -0.740. The molecule has 0 radical (unpaired) electrons. The topological polar surface area (TPSA) is 35.5 Å². The molecule has 0 unspecified atom stereocenters. The Balaban J connectivity index is 2.57. The summed E-state index contributed by atoms with van der Waals surface area (Å²) >= 11 is 0. The van der Waals surface area contributed by atoms with Crippen molar-refractivity contribution in [3.63, 3.8) is 0 Å². The van der Waals surface area contributed by atoms with Crippen LogP contribution in [0.15, 0.2) is 24.3 Å². The molecular formula is C12H13F3O3. The van der Waals surface area contributed by atoms with E-state index in [1.807, 2.05) is 0 Å². The molecule has 0 aliphatic heterocycles. The van der Waals surface area contributed by atoms with Crippen molar-refractivity contribution in [3.8, 4) is 5.75 Å². The van der Waals surface area contributed by atoms with Gasteiger partial charge < -0.3 is 9.47 Å². The lowest BCUT2D eigenvalue weighted by molar-refractivity contribution is -0.145. The molecule has 1 aromatic carbocycles. The fraction of sp³-hybridized carbons (Fsp3) is 0.417. The number of methoxy groups -OCH3 is 1. The third kappa shape index (κ3) is 3.94. The summed E-state index contributed by atoms with van der Waals surface area (Å²) in [7, 11) is 1.26. The summed E-state index contributed by atoms with van der Waals surface area (Å²) in [5.74, 6) is -0.627. The third-order valence-corrected chi connectivity index (χ3v) is 2.29. The second-order valence-electron chi connectivity index (χ2n) is 3.76. The highest BCUT2D eigenvalue weighted by Gasteiger charge is 2.30. The van der Waals surface area contributed by atoms with E-state index in [-0.39, 0.29) is 12.4 Å². The Hall–Kier alpha value is -1.72. The van der Waals surface area contributed by atoms with Crippen LogP contribution in [0.2, 0.25) is 0 Å². The van der Waals surface area contributed by atoms with Gasteiger partial charge in [0.2, 0.25) is 0 Å². The number of esters is 1. The fourth-order valence-electron chi connectivity index (χ4n) is 1.23. The van der Waals surface area contributed by atoms with Gasteiger partial charge in [0, 0.05) is 0 Å². The maximum absolute atomic E-state index is 12.3. The van der Waals surface area contributed by atoms with Crippen molar-refractivity contribution in [2.24, 2.45) is 5.92 Å². The van der Waals surface area contributed by atoms with Crippen LogP contribution >= 0.6 is 0 Å². The average Bonchev–Trinajstić information content (AvgIpc) is 2.34. The molecule has 100 valence electrons. The van der Waals surface area contributed by atoms with Crippen LogP contribution in [-0.4, -0.2) is 19.7 Å². The molecule has 0 heterocycles. The van der Waals surface area contributed by atoms with E-state index < -0.39 is 23.6 Å². The van der Waals surface area contributed by atoms with Crippen molar-refractivity contribution in [1.29, 1.82) is 0 Å². The van der Waals surface area contributed by atoms with E-state index in [1.165, 1.54) is 19.2 Å². The van der Waals surface area contributed by atoms with Gasteiger partial charge in [-0.25, -0.2) is 0 Å². The zero-order valence-electron chi connectivity index (χ0n) is 9.95. The van der Waals surface area contributed by atoms with Gasteiger partial charge in [0.15, 0.2) is 0 Å². The molecular weight excluding hydrogens is 249 g/mol. The number of alkyl halides is 3. The molecule has 0 aliphatic carbocycles. The normalized spacial score (nSPS) is 12.9. The second kappa shape index (κ2) is 5.75. The molecule has 6 heteroatoms. The summed E-state index contributed by atoms with van der Waals surface area (Å²) in [6.45, 7) is 1.66. The van der Waals surface area contributed by atoms with Gasteiger partial charge in [0.1, 0.15) is 12.4 Å². The zero-order chi connectivity index (χ0) is 13.8. The summed E-state index contributed by atoms with van der Waals surface area (Å²) in [6, 6.07) is 4.29. The highest BCUT2D eigenvalue weighted by Crippen LogP contribution is 2.30. The maximum atomic E-state index is 12.3. The van der Waals surface area contributed by atoms with Crippen molar-refractivity contribution >= 4 is 5.97 Å². The Bertz CT molecular complexity index is 398. The number of hydrogen-bond acceptors (Lipinski definition) is 3. The summed E-state index contributed by atoms with van der Waals surface area (Å²) in [4.78, 5) is 11.1. The lowest BCUT2D eigenvalue weighted by Crippen LogP contribution is -2.20. The minimum atomic E-state index is -4.36. The molecule has 1 atom stereocenters. The number of carbonyl (C=O) groups is 1. The molecule has 0 spiro atoms. The van der Waals surface area contributed by atoms with Crippen LogP contribution in [0.3, 0.4) is 0 Å². The Labute approximate surface area is 103 Å². The van der Waals surface area contributed by atoms with Crippen LogP contribution in [-0.2, 0) is 15.7 Å². The molecule has 0 N–H and O–H groups in total. The largest absolute Gasteiger partial charge is 0.493 e. The molecule has 1 rings (SSSR count). The Kier molecular flexibility index (Phi) is 4.58. The van der Waals surface area contributed by atoms with Crippen LogP contribution in [0.25, 0.3) is 0 Å². The highest BCUT2D eigenvalue weighted by atomic mass is 19.4. The first-order chi connectivity index (χ1) is 8.34. The van der Waals surface area contributed by atoms with E-state index in [4.69, 9.17) is 4.74 Å². The zero-order valence-corrected chi connectivity index (χ0v) is 9.95. The lowest BCUT2D eigenvalue weighted by atomic mass is 10.2. The monoisotopic (exact) mass is 262 g/mol. The Morgan fingerprint density at radius 2 is 1.83 bits per heavy atom. The average molecular weight is 262 g/mol. The van der Waals surface area contributed by atoms with Crippen LogP contribution in [0.4, 0.5) is 13.2 Å². The summed E-state index contributed by atoms with van der Waals surface area (Å²) in [5, 5.41) is 0. The van der Waals surface area contributed by atoms with Crippen molar-refractivity contribution < 1.29 is 27.4 Å². The SMILES string of the molecule is COC(=O)[C@H](C)COc1ccc(C(F)(F)F)cc1. The number of hydrogen-bond donors (Lipinski definition) is 0. The van der Waals surface area contributed by atoms with Crippen molar-refractivity contribution in [3.05, 3.63) is 29.8 Å². The molecule has 0 saturated carbocycles. The van der Waals surface area contributed by atoms with Crippen LogP contribution in [0.5, 0.6) is 5.75 Å². The number of ether oxygens (including phenoxy) is 2.